The van der Waals surface area contributed by atoms with Crippen molar-refractivity contribution in [1.29, 1.82) is 0 Å². The van der Waals surface area contributed by atoms with Gasteiger partial charge in [0.15, 0.2) is 0 Å². The molecule has 16 heavy (non-hydrogen) atoms. The van der Waals surface area contributed by atoms with E-state index in [9.17, 15) is 0 Å². The summed E-state index contributed by atoms with van der Waals surface area (Å²) in [5, 5.41) is 3.21. The van der Waals surface area contributed by atoms with Gasteiger partial charge in [-0.15, -0.1) is 0 Å². The van der Waals surface area contributed by atoms with Gasteiger partial charge in [0.25, 0.3) is 0 Å². The molecule has 1 N–H and O–H groups in total. The van der Waals surface area contributed by atoms with Crippen LogP contribution in [0.5, 0.6) is 0 Å². The first-order valence-electron chi connectivity index (χ1n) is 5.65. The van der Waals surface area contributed by atoms with Gasteiger partial charge in [-0.1, -0.05) is 30.0 Å². The molecule has 0 heterocycles. The number of benzene rings is 1. The highest BCUT2D eigenvalue weighted by molar-refractivity contribution is 5.33. The molecule has 0 unspecified atom stereocenters. The Morgan fingerprint density at radius 2 is 2.00 bits per heavy atom. The fourth-order valence-electron chi connectivity index (χ4n) is 1.19. The summed E-state index contributed by atoms with van der Waals surface area (Å²) in [5.74, 6) is 6.16. The second kappa shape index (κ2) is 7.92. The zero-order chi connectivity index (χ0) is 11.6. The highest BCUT2D eigenvalue weighted by atomic mass is 16.5. The minimum Gasteiger partial charge on any atom is -0.377 e. The lowest BCUT2D eigenvalue weighted by molar-refractivity contribution is 0.0814. The van der Waals surface area contributed by atoms with Crippen molar-refractivity contribution in [2.45, 2.75) is 20.0 Å². The Hall–Kier alpha value is -1.30. The van der Waals surface area contributed by atoms with Crippen molar-refractivity contribution in [3.8, 4) is 11.8 Å². The van der Waals surface area contributed by atoms with Crippen molar-refractivity contribution >= 4 is 0 Å². The van der Waals surface area contributed by atoms with Crippen LogP contribution in [-0.2, 0) is 4.74 Å². The van der Waals surface area contributed by atoms with Gasteiger partial charge in [-0.25, -0.2) is 0 Å². The van der Waals surface area contributed by atoms with Gasteiger partial charge >= 0.3 is 0 Å². The van der Waals surface area contributed by atoms with E-state index >= 15 is 0 Å². The molecule has 1 rings (SSSR count). The van der Waals surface area contributed by atoms with Gasteiger partial charge < -0.3 is 10.1 Å². The number of ether oxygens (including phenoxy) is 1. The van der Waals surface area contributed by atoms with Crippen molar-refractivity contribution < 1.29 is 4.74 Å². The van der Waals surface area contributed by atoms with E-state index in [1.807, 2.05) is 44.2 Å². The molecule has 0 spiro atoms. The largest absolute Gasteiger partial charge is 0.377 e. The quantitative estimate of drug-likeness (QED) is 0.602. The summed E-state index contributed by atoms with van der Waals surface area (Å²) < 4.78 is 5.40. The monoisotopic (exact) mass is 217 g/mol. The van der Waals surface area contributed by atoms with Crippen LogP contribution in [0.2, 0.25) is 0 Å². The SMILES string of the molecule is CC(C)OCCNCC#Cc1ccccc1. The Kier molecular flexibility index (Phi) is 6.32. The summed E-state index contributed by atoms with van der Waals surface area (Å²) in [4.78, 5) is 0. The van der Waals surface area contributed by atoms with Gasteiger partial charge in [0, 0.05) is 12.1 Å². The second-order valence-corrected chi connectivity index (χ2v) is 3.76. The molecule has 1 aromatic carbocycles. The van der Waals surface area contributed by atoms with E-state index in [1.165, 1.54) is 0 Å². The van der Waals surface area contributed by atoms with Gasteiger partial charge in [-0.2, -0.15) is 0 Å². The lowest BCUT2D eigenvalue weighted by Gasteiger charge is -2.06. The molecular formula is C14H19NO. The summed E-state index contributed by atoms with van der Waals surface area (Å²) in [6.07, 6.45) is 0.303. The minimum atomic E-state index is 0.303. The molecule has 0 fully saturated rings. The standard InChI is InChI=1S/C14H19NO/c1-13(2)16-12-11-15-10-6-9-14-7-4-3-5-8-14/h3-5,7-8,13,15H,10-12H2,1-2H3. The van der Waals surface area contributed by atoms with E-state index in [-0.39, 0.29) is 0 Å². The van der Waals surface area contributed by atoms with Crippen LogP contribution in [0.1, 0.15) is 19.4 Å². The van der Waals surface area contributed by atoms with Crippen LogP contribution >= 0.6 is 0 Å². The van der Waals surface area contributed by atoms with Gasteiger partial charge in [-0.3, -0.25) is 0 Å². The molecule has 0 aliphatic carbocycles. The van der Waals surface area contributed by atoms with E-state index in [2.05, 4.69) is 17.2 Å². The summed E-state index contributed by atoms with van der Waals surface area (Å²) in [5.41, 5.74) is 1.06. The van der Waals surface area contributed by atoms with E-state index in [4.69, 9.17) is 4.74 Å². The van der Waals surface area contributed by atoms with Crippen LogP contribution in [0, 0.1) is 11.8 Å². The average molecular weight is 217 g/mol. The lowest BCUT2D eigenvalue weighted by atomic mass is 10.2. The third-order valence-electron chi connectivity index (χ3n) is 1.95. The maximum absolute atomic E-state index is 5.40. The maximum atomic E-state index is 5.40. The molecule has 1 aromatic rings. The van der Waals surface area contributed by atoms with Crippen molar-refractivity contribution in [2.75, 3.05) is 19.7 Å². The second-order valence-electron chi connectivity index (χ2n) is 3.76. The van der Waals surface area contributed by atoms with Gasteiger partial charge in [-0.05, 0) is 26.0 Å². The number of rotatable bonds is 5. The molecule has 0 aliphatic rings. The highest BCUT2D eigenvalue weighted by Gasteiger charge is 1.90. The number of hydrogen-bond acceptors (Lipinski definition) is 2. The zero-order valence-electron chi connectivity index (χ0n) is 9.99. The Morgan fingerprint density at radius 1 is 1.25 bits per heavy atom. The molecule has 0 radical (unpaired) electrons. The molecule has 0 aliphatic heterocycles. The van der Waals surface area contributed by atoms with Crippen LogP contribution < -0.4 is 5.32 Å². The number of nitrogens with one attached hydrogen (secondary N) is 1. The van der Waals surface area contributed by atoms with Crippen LogP contribution in [0.15, 0.2) is 30.3 Å². The highest BCUT2D eigenvalue weighted by Crippen LogP contribution is 1.94. The average Bonchev–Trinajstić information content (AvgIpc) is 2.29. The third kappa shape index (κ3) is 6.23. The van der Waals surface area contributed by atoms with E-state index in [1.54, 1.807) is 0 Å². The molecule has 0 bridgehead atoms. The van der Waals surface area contributed by atoms with E-state index in [0.29, 0.717) is 12.6 Å². The van der Waals surface area contributed by atoms with Crippen molar-refractivity contribution in [3.05, 3.63) is 35.9 Å². The smallest absolute Gasteiger partial charge is 0.0594 e. The predicted molar refractivity (Wildman–Crippen MR) is 67.3 cm³/mol. The first kappa shape index (κ1) is 12.8. The maximum Gasteiger partial charge on any atom is 0.0594 e. The normalized spacial score (nSPS) is 9.94. The fraction of sp³-hybridized carbons (Fsp3) is 0.429. The summed E-state index contributed by atoms with van der Waals surface area (Å²) >= 11 is 0. The van der Waals surface area contributed by atoms with Crippen LogP contribution in [0.3, 0.4) is 0 Å². The molecule has 0 aromatic heterocycles. The minimum absolute atomic E-state index is 0.303. The Bertz CT molecular complexity index is 335. The van der Waals surface area contributed by atoms with E-state index < -0.39 is 0 Å². The third-order valence-corrected chi connectivity index (χ3v) is 1.95. The first-order chi connectivity index (χ1) is 7.79. The lowest BCUT2D eigenvalue weighted by Crippen LogP contribution is -2.21. The van der Waals surface area contributed by atoms with Gasteiger partial charge in [0.2, 0.25) is 0 Å². The van der Waals surface area contributed by atoms with Crippen LogP contribution in [-0.4, -0.2) is 25.8 Å². The topological polar surface area (TPSA) is 21.3 Å². The zero-order valence-corrected chi connectivity index (χ0v) is 9.99. The van der Waals surface area contributed by atoms with E-state index in [0.717, 1.165) is 18.7 Å². The van der Waals surface area contributed by atoms with Crippen molar-refractivity contribution in [2.24, 2.45) is 0 Å². The Labute approximate surface area is 98.0 Å². The van der Waals surface area contributed by atoms with Crippen molar-refractivity contribution in [3.63, 3.8) is 0 Å². The van der Waals surface area contributed by atoms with Crippen LogP contribution in [0.4, 0.5) is 0 Å². The molecular weight excluding hydrogens is 198 g/mol. The predicted octanol–water partition coefficient (Wildman–Crippen LogP) is 2.05. The van der Waals surface area contributed by atoms with Crippen LogP contribution in [0.25, 0.3) is 0 Å². The van der Waals surface area contributed by atoms with Gasteiger partial charge in [0.1, 0.15) is 0 Å². The van der Waals surface area contributed by atoms with Gasteiger partial charge in [0.05, 0.1) is 19.3 Å². The molecule has 0 amide bonds. The number of hydrogen-bond donors (Lipinski definition) is 1. The summed E-state index contributed by atoms with van der Waals surface area (Å²) in [7, 11) is 0. The summed E-state index contributed by atoms with van der Waals surface area (Å²) in [6.45, 7) is 6.37. The molecule has 0 saturated heterocycles. The Balaban J connectivity index is 2.10. The molecule has 0 atom stereocenters. The molecule has 0 saturated carbocycles. The molecule has 86 valence electrons. The van der Waals surface area contributed by atoms with Crippen molar-refractivity contribution in [1.82, 2.24) is 5.32 Å². The first-order valence-corrected chi connectivity index (χ1v) is 5.65. The molecule has 2 nitrogen and oxygen atoms in total. The summed E-state index contributed by atoms with van der Waals surface area (Å²) in [6, 6.07) is 10.00. The Morgan fingerprint density at radius 3 is 2.69 bits per heavy atom. The fourth-order valence-corrected chi connectivity index (χ4v) is 1.19. The molecule has 2 heteroatoms.